The first kappa shape index (κ1) is 15.6. The average molecular weight is 422 g/mol. The van der Waals surface area contributed by atoms with Crippen LogP contribution >= 0.6 is 31.9 Å². The second kappa shape index (κ2) is 5.74. The molecule has 114 valence electrons. The Kier molecular flexibility index (Phi) is 4.08. The van der Waals surface area contributed by atoms with Crippen LogP contribution in [0.15, 0.2) is 33.5 Å². The lowest BCUT2D eigenvalue weighted by Crippen LogP contribution is -1.79. The van der Waals surface area contributed by atoms with E-state index in [0.717, 1.165) is 9.21 Å². The number of aryl methyl sites for hydroxylation is 2. The van der Waals surface area contributed by atoms with Gasteiger partial charge in [0.1, 0.15) is 0 Å². The molecule has 4 aromatic rings. The fourth-order valence-corrected chi connectivity index (χ4v) is 3.77. The van der Waals surface area contributed by atoms with Crippen molar-refractivity contribution in [1.82, 2.24) is 9.97 Å². The van der Waals surface area contributed by atoms with E-state index < -0.39 is 0 Å². The molecule has 0 unspecified atom stereocenters. The van der Waals surface area contributed by atoms with Gasteiger partial charge >= 0.3 is 0 Å². The maximum Gasteiger partial charge on any atom is 0.0860 e. The third kappa shape index (κ3) is 2.12. The molecule has 0 spiro atoms. The number of rotatable bonds is 0. The van der Waals surface area contributed by atoms with Crippen LogP contribution in [0.5, 0.6) is 0 Å². The Hall–Kier alpha value is -1.26. The van der Waals surface area contributed by atoms with Crippen molar-refractivity contribution in [1.29, 1.82) is 0 Å². The van der Waals surface area contributed by atoms with Gasteiger partial charge in [-0.1, -0.05) is 38.1 Å². The third-order valence-electron chi connectivity index (χ3n) is 4.12. The highest BCUT2D eigenvalue weighted by Gasteiger charge is 2.14. The molecule has 0 bridgehead atoms. The van der Waals surface area contributed by atoms with E-state index in [4.69, 9.17) is 0 Å². The van der Waals surface area contributed by atoms with E-state index in [1.54, 1.807) is 0 Å². The molecule has 2 N–H and O–H groups in total. The number of aromatic amines is 2. The van der Waals surface area contributed by atoms with E-state index in [0.29, 0.717) is 0 Å². The molecule has 0 radical (unpaired) electrons. The summed E-state index contributed by atoms with van der Waals surface area (Å²) < 4.78 is 2.11. The fraction of sp³-hybridized carbons (Fsp3) is 0.222. The summed E-state index contributed by atoms with van der Waals surface area (Å²) >= 11 is 7.21. The van der Waals surface area contributed by atoms with E-state index in [9.17, 15) is 0 Å². The SMILES string of the molecule is CC.Cc1c(Br)[nH]c2c1ccc1ccc3c(C)c(Br)[nH]c3c12. The maximum atomic E-state index is 3.60. The minimum absolute atomic E-state index is 1.05. The Bertz CT molecular complexity index is 916. The largest absolute Gasteiger partial charge is 0.348 e. The first-order valence-corrected chi connectivity index (χ1v) is 9.04. The first-order chi connectivity index (χ1) is 10.6. The van der Waals surface area contributed by atoms with Crippen LogP contribution in [0.4, 0.5) is 0 Å². The molecule has 0 fully saturated rings. The van der Waals surface area contributed by atoms with Gasteiger partial charge in [-0.05, 0) is 62.2 Å². The van der Waals surface area contributed by atoms with Gasteiger partial charge in [0.05, 0.1) is 20.2 Å². The average Bonchev–Trinajstić information content (AvgIpc) is 2.99. The Labute approximate surface area is 146 Å². The summed E-state index contributed by atoms with van der Waals surface area (Å²) in [4.78, 5) is 6.94. The topological polar surface area (TPSA) is 31.6 Å². The van der Waals surface area contributed by atoms with Gasteiger partial charge in [0, 0.05) is 16.2 Å². The van der Waals surface area contributed by atoms with Crippen molar-refractivity contribution in [3.8, 4) is 0 Å². The molecule has 2 aromatic carbocycles. The number of H-pyrrole nitrogens is 2. The monoisotopic (exact) mass is 420 g/mol. The van der Waals surface area contributed by atoms with E-state index in [1.165, 1.54) is 43.7 Å². The van der Waals surface area contributed by atoms with Gasteiger partial charge in [-0.25, -0.2) is 0 Å². The number of fused-ring (bicyclic) bond motifs is 5. The third-order valence-corrected chi connectivity index (χ3v) is 5.71. The highest BCUT2D eigenvalue weighted by molar-refractivity contribution is 9.10. The number of hydrogen-bond donors (Lipinski definition) is 2. The van der Waals surface area contributed by atoms with Crippen LogP contribution in [0.1, 0.15) is 25.0 Å². The summed E-state index contributed by atoms with van der Waals surface area (Å²) in [5, 5.41) is 5.02. The number of nitrogens with one attached hydrogen (secondary N) is 2. The van der Waals surface area contributed by atoms with Gasteiger partial charge in [-0.15, -0.1) is 0 Å². The fourth-order valence-electron chi connectivity index (χ4n) is 2.95. The zero-order valence-corrected chi connectivity index (χ0v) is 16.2. The van der Waals surface area contributed by atoms with Crippen LogP contribution in [0, 0.1) is 13.8 Å². The molecule has 0 amide bonds. The van der Waals surface area contributed by atoms with Crippen molar-refractivity contribution in [2.24, 2.45) is 0 Å². The summed E-state index contributed by atoms with van der Waals surface area (Å²) in [7, 11) is 0. The molecule has 2 aromatic heterocycles. The van der Waals surface area contributed by atoms with Crippen molar-refractivity contribution in [2.75, 3.05) is 0 Å². The smallest absolute Gasteiger partial charge is 0.0860 e. The lowest BCUT2D eigenvalue weighted by Gasteiger charge is -2.02. The van der Waals surface area contributed by atoms with Crippen LogP contribution in [-0.4, -0.2) is 9.97 Å². The Morgan fingerprint density at radius 2 is 1.14 bits per heavy atom. The van der Waals surface area contributed by atoms with Crippen molar-refractivity contribution in [2.45, 2.75) is 27.7 Å². The molecular formula is C18H18Br2N2. The normalized spacial score (nSPS) is 11.2. The van der Waals surface area contributed by atoms with Gasteiger partial charge in [-0.3, -0.25) is 0 Å². The molecule has 2 nitrogen and oxygen atoms in total. The molecule has 0 saturated carbocycles. The van der Waals surface area contributed by atoms with Crippen molar-refractivity contribution >= 4 is 64.4 Å². The predicted molar refractivity (Wildman–Crippen MR) is 104 cm³/mol. The van der Waals surface area contributed by atoms with Gasteiger partial charge in [-0.2, -0.15) is 0 Å². The number of benzene rings is 2. The van der Waals surface area contributed by atoms with Crippen molar-refractivity contribution in [3.63, 3.8) is 0 Å². The van der Waals surface area contributed by atoms with E-state index >= 15 is 0 Å². The summed E-state index contributed by atoms with van der Waals surface area (Å²) in [6, 6.07) is 8.75. The zero-order chi connectivity index (χ0) is 16.0. The van der Waals surface area contributed by atoms with E-state index in [-0.39, 0.29) is 0 Å². The first-order valence-electron chi connectivity index (χ1n) is 7.45. The molecule has 0 aliphatic rings. The summed E-state index contributed by atoms with van der Waals surface area (Å²) in [5.41, 5.74) is 4.87. The van der Waals surface area contributed by atoms with Crippen LogP contribution in [0.25, 0.3) is 32.6 Å². The van der Waals surface area contributed by atoms with E-state index in [2.05, 4.69) is 79.9 Å². The Morgan fingerprint density at radius 3 is 1.55 bits per heavy atom. The molecule has 0 atom stereocenters. The minimum Gasteiger partial charge on any atom is -0.348 e. The Morgan fingerprint density at radius 1 is 0.727 bits per heavy atom. The minimum atomic E-state index is 1.05. The van der Waals surface area contributed by atoms with Crippen LogP contribution in [0.2, 0.25) is 0 Å². The lowest BCUT2D eigenvalue weighted by molar-refractivity contribution is 1.36. The van der Waals surface area contributed by atoms with Gasteiger partial charge < -0.3 is 9.97 Å². The number of hydrogen-bond acceptors (Lipinski definition) is 0. The highest BCUT2D eigenvalue weighted by atomic mass is 79.9. The summed E-state index contributed by atoms with van der Waals surface area (Å²) in [6.45, 7) is 8.26. The van der Waals surface area contributed by atoms with Crippen LogP contribution in [-0.2, 0) is 0 Å². The maximum absolute atomic E-state index is 3.60. The van der Waals surface area contributed by atoms with Gasteiger partial charge in [0.25, 0.3) is 0 Å². The molecule has 4 rings (SSSR count). The Balaban J connectivity index is 0.000000693. The summed E-state index contributed by atoms with van der Waals surface area (Å²) in [5.74, 6) is 0. The molecule has 4 heteroatoms. The molecule has 22 heavy (non-hydrogen) atoms. The number of halogens is 2. The molecule has 0 aliphatic carbocycles. The summed E-state index contributed by atoms with van der Waals surface area (Å²) in [6.07, 6.45) is 0. The van der Waals surface area contributed by atoms with E-state index in [1.807, 2.05) is 13.8 Å². The quantitative estimate of drug-likeness (QED) is 0.307. The lowest BCUT2D eigenvalue weighted by atomic mass is 10.0. The molecule has 0 saturated heterocycles. The molecule has 2 heterocycles. The molecule has 0 aliphatic heterocycles. The zero-order valence-electron chi connectivity index (χ0n) is 13.1. The standard InChI is InChI=1S/C16H12Br2N2.C2H6/c1-7-10-5-3-9-4-6-11-8(2)16(18)20-14(11)12(9)13(10)19-15(7)17;1-2/h3-6,19-20H,1-2H3;1-2H3. The van der Waals surface area contributed by atoms with Gasteiger partial charge in [0.2, 0.25) is 0 Å². The van der Waals surface area contributed by atoms with Gasteiger partial charge in [0.15, 0.2) is 0 Å². The second-order valence-electron chi connectivity index (χ2n) is 5.20. The second-order valence-corrected chi connectivity index (χ2v) is 6.79. The van der Waals surface area contributed by atoms with Crippen molar-refractivity contribution < 1.29 is 0 Å². The van der Waals surface area contributed by atoms with Crippen molar-refractivity contribution in [3.05, 3.63) is 44.6 Å². The highest BCUT2D eigenvalue weighted by Crippen LogP contribution is 2.37. The molecular weight excluding hydrogens is 404 g/mol. The van der Waals surface area contributed by atoms with Crippen LogP contribution in [0.3, 0.4) is 0 Å². The predicted octanol–water partition coefficient (Wildman–Crippen LogP) is 6.97. The number of aromatic nitrogens is 2. The van der Waals surface area contributed by atoms with Crippen LogP contribution < -0.4 is 0 Å².